The molecule has 0 spiro atoms. The van der Waals surface area contributed by atoms with Crippen LogP contribution in [0, 0.1) is 11.8 Å². The summed E-state index contributed by atoms with van der Waals surface area (Å²) in [5, 5.41) is 0. The van der Waals surface area contributed by atoms with Crippen molar-refractivity contribution in [2.45, 2.75) is 285 Å². The molecule has 0 rings (SSSR count). The van der Waals surface area contributed by atoms with Crippen LogP contribution in [0.25, 0.3) is 0 Å². The van der Waals surface area contributed by atoms with E-state index < -0.39 is 6.10 Å². The lowest BCUT2D eigenvalue weighted by Crippen LogP contribution is -2.30. The molecule has 0 aromatic rings. The van der Waals surface area contributed by atoms with Crippen molar-refractivity contribution >= 4 is 17.9 Å². The van der Waals surface area contributed by atoms with Crippen LogP contribution < -0.4 is 0 Å². The van der Waals surface area contributed by atoms with E-state index in [4.69, 9.17) is 14.2 Å². The van der Waals surface area contributed by atoms with Gasteiger partial charge in [-0.25, -0.2) is 0 Å². The van der Waals surface area contributed by atoms with Crippen molar-refractivity contribution in [2.24, 2.45) is 11.8 Å². The van der Waals surface area contributed by atoms with Crippen molar-refractivity contribution < 1.29 is 28.6 Å². The van der Waals surface area contributed by atoms with Gasteiger partial charge < -0.3 is 14.2 Å². The maximum atomic E-state index is 12.8. The van der Waals surface area contributed by atoms with Crippen LogP contribution in [0.2, 0.25) is 0 Å². The molecule has 0 aliphatic rings. The first-order valence-electron chi connectivity index (χ1n) is 25.3. The van der Waals surface area contributed by atoms with E-state index in [2.05, 4.69) is 34.6 Å². The van der Waals surface area contributed by atoms with Gasteiger partial charge in [0, 0.05) is 19.3 Å². The highest BCUT2D eigenvalue weighted by molar-refractivity contribution is 5.71. The summed E-state index contributed by atoms with van der Waals surface area (Å²) in [5.74, 6) is 0.823. The SMILES string of the molecule is CCCCCCCCCCCCCC(=O)OC[C@H](COC(=O)CCCCCCCCCC(C)C)OC(=O)CCCCCCCCCCCCCCCCC(C)CC. The minimum Gasteiger partial charge on any atom is -0.462 e. The van der Waals surface area contributed by atoms with Crippen LogP contribution in [-0.2, 0) is 28.6 Å². The molecule has 0 N–H and O–H groups in total. The van der Waals surface area contributed by atoms with E-state index in [1.807, 2.05) is 0 Å². The van der Waals surface area contributed by atoms with E-state index in [1.165, 1.54) is 167 Å². The molecule has 6 heteroatoms. The fourth-order valence-corrected chi connectivity index (χ4v) is 7.60. The molecule has 1 unspecified atom stereocenters. The minimum atomic E-state index is -0.761. The molecule has 0 aromatic heterocycles. The molecule has 2 atom stereocenters. The zero-order chi connectivity index (χ0) is 41.9. The van der Waals surface area contributed by atoms with Crippen molar-refractivity contribution in [3.8, 4) is 0 Å². The molecule has 0 radical (unpaired) electrons. The third-order valence-electron chi connectivity index (χ3n) is 11.8. The number of hydrogen-bond acceptors (Lipinski definition) is 6. The molecule has 0 bridgehead atoms. The Balaban J connectivity index is 4.27. The maximum absolute atomic E-state index is 12.8. The van der Waals surface area contributed by atoms with Gasteiger partial charge in [-0.1, -0.05) is 240 Å². The first-order valence-corrected chi connectivity index (χ1v) is 25.3. The molecule has 0 fully saturated rings. The van der Waals surface area contributed by atoms with Crippen molar-refractivity contribution in [1.82, 2.24) is 0 Å². The second-order valence-electron chi connectivity index (χ2n) is 18.2. The number of rotatable bonds is 45. The number of ether oxygens (including phenoxy) is 3. The van der Waals surface area contributed by atoms with E-state index in [1.54, 1.807) is 0 Å². The van der Waals surface area contributed by atoms with Crippen LogP contribution in [-0.4, -0.2) is 37.2 Å². The van der Waals surface area contributed by atoms with Crippen molar-refractivity contribution in [2.75, 3.05) is 13.2 Å². The molecule has 6 nitrogen and oxygen atoms in total. The molecule has 0 saturated heterocycles. The summed E-state index contributed by atoms with van der Waals surface area (Å²) in [6.07, 6.45) is 43.7. The highest BCUT2D eigenvalue weighted by Gasteiger charge is 2.19. The highest BCUT2D eigenvalue weighted by Crippen LogP contribution is 2.18. The van der Waals surface area contributed by atoms with Crippen molar-refractivity contribution in [3.05, 3.63) is 0 Å². The summed E-state index contributed by atoms with van der Waals surface area (Å²) < 4.78 is 16.8. The van der Waals surface area contributed by atoms with Crippen molar-refractivity contribution in [1.29, 1.82) is 0 Å². The normalized spacial score (nSPS) is 12.5. The Labute approximate surface area is 355 Å². The van der Waals surface area contributed by atoms with Gasteiger partial charge in [0.25, 0.3) is 0 Å². The number of carbonyl (C=O) groups excluding carboxylic acids is 3. The van der Waals surface area contributed by atoms with E-state index in [-0.39, 0.29) is 31.1 Å². The van der Waals surface area contributed by atoms with Crippen LogP contribution in [0.4, 0.5) is 0 Å². The number of carbonyl (C=O) groups is 3. The topological polar surface area (TPSA) is 78.9 Å². The lowest BCUT2D eigenvalue weighted by Gasteiger charge is -2.18. The molecule has 0 aliphatic heterocycles. The predicted molar refractivity (Wildman–Crippen MR) is 243 cm³/mol. The monoisotopic (exact) mass is 807 g/mol. The summed E-state index contributed by atoms with van der Waals surface area (Å²) in [7, 11) is 0. The molecular formula is C51H98O6. The summed E-state index contributed by atoms with van der Waals surface area (Å²) in [5.41, 5.74) is 0. The summed E-state index contributed by atoms with van der Waals surface area (Å²) in [6, 6.07) is 0. The quantitative estimate of drug-likeness (QED) is 0.0346. The Morgan fingerprint density at radius 3 is 1.00 bits per heavy atom. The standard InChI is InChI=1S/C51H98O6/c1-6-8-9-10-11-12-17-21-26-31-36-41-49(52)55-44-48(45-56-50(53)42-37-32-28-23-24-29-34-39-46(3)4)57-51(54)43-38-33-27-22-19-16-14-13-15-18-20-25-30-35-40-47(5)7-2/h46-48H,6-45H2,1-5H3/t47?,48-/m1/s1. The predicted octanol–water partition coefficient (Wildman–Crippen LogP) is 16.1. The van der Waals surface area contributed by atoms with Gasteiger partial charge in [0.15, 0.2) is 6.10 Å². The fourth-order valence-electron chi connectivity index (χ4n) is 7.60. The Bertz CT molecular complexity index is 872. The van der Waals surface area contributed by atoms with Gasteiger partial charge in [0.1, 0.15) is 13.2 Å². The Kier molecular flexibility index (Phi) is 42.7. The van der Waals surface area contributed by atoms with Gasteiger partial charge in [-0.05, 0) is 31.1 Å². The Hall–Kier alpha value is -1.59. The molecule has 0 heterocycles. The average molecular weight is 807 g/mol. The summed E-state index contributed by atoms with van der Waals surface area (Å²) in [4.78, 5) is 37.8. The molecular weight excluding hydrogens is 709 g/mol. The van der Waals surface area contributed by atoms with Gasteiger partial charge in [0.05, 0.1) is 0 Å². The van der Waals surface area contributed by atoms with Gasteiger partial charge in [-0.3, -0.25) is 14.4 Å². The van der Waals surface area contributed by atoms with Gasteiger partial charge in [-0.15, -0.1) is 0 Å². The fraction of sp³-hybridized carbons (Fsp3) is 0.941. The first kappa shape index (κ1) is 55.4. The lowest BCUT2D eigenvalue weighted by molar-refractivity contribution is -0.167. The first-order chi connectivity index (χ1) is 27.8. The molecule has 0 amide bonds. The van der Waals surface area contributed by atoms with Gasteiger partial charge in [-0.2, -0.15) is 0 Å². The number of unbranched alkanes of at least 4 members (excludes halogenated alkanes) is 29. The van der Waals surface area contributed by atoms with Gasteiger partial charge >= 0.3 is 17.9 Å². The Morgan fingerprint density at radius 2 is 0.667 bits per heavy atom. The zero-order valence-corrected chi connectivity index (χ0v) is 39.0. The van der Waals surface area contributed by atoms with Crippen LogP contribution in [0.1, 0.15) is 279 Å². The number of hydrogen-bond donors (Lipinski definition) is 0. The Morgan fingerprint density at radius 1 is 0.368 bits per heavy atom. The molecule has 0 saturated carbocycles. The van der Waals surface area contributed by atoms with E-state index in [9.17, 15) is 14.4 Å². The largest absolute Gasteiger partial charge is 0.462 e. The third-order valence-corrected chi connectivity index (χ3v) is 11.8. The maximum Gasteiger partial charge on any atom is 0.306 e. The average Bonchev–Trinajstić information content (AvgIpc) is 3.19. The lowest BCUT2D eigenvalue weighted by atomic mass is 9.99. The second kappa shape index (κ2) is 44.0. The van der Waals surface area contributed by atoms with Crippen LogP contribution in [0.15, 0.2) is 0 Å². The molecule has 338 valence electrons. The van der Waals surface area contributed by atoms with Crippen molar-refractivity contribution in [3.63, 3.8) is 0 Å². The van der Waals surface area contributed by atoms with Crippen LogP contribution in [0.3, 0.4) is 0 Å². The highest BCUT2D eigenvalue weighted by atomic mass is 16.6. The zero-order valence-electron chi connectivity index (χ0n) is 39.0. The summed E-state index contributed by atoms with van der Waals surface area (Å²) in [6.45, 7) is 11.4. The minimum absolute atomic E-state index is 0.0644. The molecule has 57 heavy (non-hydrogen) atoms. The van der Waals surface area contributed by atoms with E-state index >= 15 is 0 Å². The van der Waals surface area contributed by atoms with E-state index in [0.29, 0.717) is 19.3 Å². The third kappa shape index (κ3) is 43.8. The van der Waals surface area contributed by atoms with Crippen LogP contribution >= 0.6 is 0 Å². The smallest absolute Gasteiger partial charge is 0.306 e. The number of esters is 3. The van der Waals surface area contributed by atoms with Crippen LogP contribution in [0.5, 0.6) is 0 Å². The molecule has 0 aromatic carbocycles. The summed E-state index contributed by atoms with van der Waals surface area (Å²) >= 11 is 0. The second-order valence-corrected chi connectivity index (χ2v) is 18.2. The van der Waals surface area contributed by atoms with E-state index in [0.717, 1.165) is 69.6 Å². The van der Waals surface area contributed by atoms with Gasteiger partial charge in [0.2, 0.25) is 0 Å². The molecule has 0 aliphatic carbocycles.